The van der Waals surface area contributed by atoms with Crippen LogP contribution in [0.25, 0.3) is 0 Å². The van der Waals surface area contributed by atoms with Crippen LogP contribution in [0.2, 0.25) is 0 Å². The van der Waals surface area contributed by atoms with Gasteiger partial charge in [-0.05, 0) is 6.92 Å². The number of hydrogen-bond donors (Lipinski definition) is 3. The Balaban J connectivity index is 3.47. The quantitative estimate of drug-likeness (QED) is 0.127. The lowest BCUT2D eigenvalue weighted by molar-refractivity contribution is -0.421. The van der Waals surface area contributed by atoms with Crippen molar-refractivity contribution in [2.24, 2.45) is 10.7 Å². The first-order chi connectivity index (χ1) is 8.90. The highest BCUT2D eigenvalue weighted by Crippen LogP contribution is 2.24. The number of amidine groups is 1. The fourth-order valence-corrected chi connectivity index (χ4v) is 1.48. The standard InChI is InChI=1S/C9H10ClN5O4/c1-2-19-9(16)4(8(11)12)5-6(15(17)18)7(10)14-3-13-5/h3H,2H2,1H3,(H3,11,12)(H,13,14)/b5-4-. The van der Waals surface area contributed by atoms with E-state index in [0.717, 1.165) is 6.34 Å². The summed E-state index contributed by atoms with van der Waals surface area (Å²) >= 11 is 5.64. The van der Waals surface area contributed by atoms with Crippen LogP contribution in [-0.2, 0) is 9.53 Å². The first kappa shape index (κ1) is 14.6. The summed E-state index contributed by atoms with van der Waals surface area (Å²) < 4.78 is 4.68. The Morgan fingerprint density at radius 2 is 2.37 bits per heavy atom. The summed E-state index contributed by atoms with van der Waals surface area (Å²) in [7, 11) is 0. The third kappa shape index (κ3) is 3.07. The minimum absolute atomic E-state index is 0.0239. The molecule has 0 radical (unpaired) electrons. The molecule has 0 aliphatic carbocycles. The van der Waals surface area contributed by atoms with E-state index in [0.29, 0.717) is 0 Å². The third-order valence-electron chi connectivity index (χ3n) is 1.99. The van der Waals surface area contributed by atoms with E-state index in [1.165, 1.54) is 0 Å². The second kappa shape index (κ2) is 5.96. The average molecular weight is 288 g/mol. The number of carbonyl (C=O) groups is 1. The van der Waals surface area contributed by atoms with Crippen molar-refractivity contribution >= 4 is 29.7 Å². The van der Waals surface area contributed by atoms with Crippen molar-refractivity contribution in [1.82, 2.24) is 5.32 Å². The number of rotatable bonds is 4. The number of nitrogens with zero attached hydrogens (tertiary/aromatic N) is 2. The van der Waals surface area contributed by atoms with E-state index in [-0.39, 0.29) is 11.8 Å². The van der Waals surface area contributed by atoms with Crippen molar-refractivity contribution in [3.63, 3.8) is 0 Å². The zero-order valence-electron chi connectivity index (χ0n) is 9.77. The average Bonchev–Trinajstić information content (AvgIpc) is 2.28. The van der Waals surface area contributed by atoms with Crippen molar-refractivity contribution in [1.29, 1.82) is 5.41 Å². The van der Waals surface area contributed by atoms with E-state index in [1.807, 2.05) is 0 Å². The summed E-state index contributed by atoms with van der Waals surface area (Å²) in [6.45, 7) is 1.57. The Morgan fingerprint density at radius 3 is 2.84 bits per heavy atom. The van der Waals surface area contributed by atoms with E-state index >= 15 is 0 Å². The SMILES string of the molecule is CCOC(=O)/C(C(=N)N)=C1\N=CNC(Cl)=C1[N+](=O)[O-]. The number of ether oxygens (including phenoxy) is 1. The molecule has 0 aromatic carbocycles. The van der Waals surface area contributed by atoms with Crippen LogP contribution < -0.4 is 11.1 Å². The highest BCUT2D eigenvalue weighted by Gasteiger charge is 2.33. The zero-order valence-corrected chi connectivity index (χ0v) is 10.5. The summed E-state index contributed by atoms with van der Waals surface area (Å²) in [6.07, 6.45) is 1.05. The molecule has 0 fully saturated rings. The van der Waals surface area contributed by atoms with Gasteiger partial charge in [-0.15, -0.1) is 0 Å². The second-order valence-electron chi connectivity index (χ2n) is 3.18. The number of hydrogen-bond acceptors (Lipinski definition) is 7. The van der Waals surface area contributed by atoms with Crippen molar-refractivity contribution in [2.75, 3.05) is 6.61 Å². The molecule has 10 heteroatoms. The molecule has 19 heavy (non-hydrogen) atoms. The molecular formula is C9H10ClN5O4. The Labute approximate surface area is 112 Å². The van der Waals surface area contributed by atoms with Gasteiger partial charge in [0, 0.05) is 0 Å². The van der Waals surface area contributed by atoms with E-state index in [1.54, 1.807) is 6.92 Å². The maximum atomic E-state index is 11.7. The Hall–Kier alpha value is -2.42. The summed E-state index contributed by atoms with van der Waals surface area (Å²) in [5.74, 6) is -1.68. The predicted molar refractivity (Wildman–Crippen MR) is 67.1 cm³/mol. The highest BCUT2D eigenvalue weighted by atomic mass is 35.5. The van der Waals surface area contributed by atoms with Gasteiger partial charge in [0.05, 0.1) is 17.9 Å². The molecule has 0 aromatic heterocycles. The van der Waals surface area contributed by atoms with Crippen LogP contribution in [0.4, 0.5) is 0 Å². The minimum atomic E-state index is -0.979. The molecule has 1 aliphatic rings. The number of aliphatic imine (C=N–C) groups is 1. The first-order valence-electron chi connectivity index (χ1n) is 4.99. The van der Waals surface area contributed by atoms with Crippen molar-refractivity contribution in [2.45, 2.75) is 6.92 Å². The Kier molecular flexibility index (Phi) is 4.59. The number of carbonyl (C=O) groups excluding carboxylic acids is 1. The summed E-state index contributed by atoms with van der Waals surface area (Å²) in [6, 6.07) is 0. The zero-order chi connectivity index (χ0) is 14.6. The van der Waals surface area contributed by atoms with Crippen LogP contribution in [0.1, 0.15) is 6.92 Å². The van der Waals surface area contributed by atoms with E-state index < -0.39 is 33.7 Å². The molecule has 1 aliphatic heterocycles. The molecule has 0 bridgehead atoms. The number of nitrogens with two attached hydrogens (primary N) is 1. The largest absolute Gasteiger partial charge is 0.462 e. The van der Waals surface area contributed by atoms with Gasteiger partial charge in [0.2, 0.25) is 0 Å². The molecule has 9 nitrogen and oxygen atoms in total. The maximum Gasteiger partial charge on any atom is 0.344 e. The summed E-state index contributed by atoms with van der Waals surface area (Å²) in [5, 5.41) is 20.3. The van der Waals surface area contributed by atoms with Crippen LogP contribution in [0, 0.1) is 15.5 Å². The van der Waals surface area contributed by atoms with Gasteiger partial charge < -0.3 is 15.8 Å². The number of halogens is 1. The second-order valence-corrected chi connectivity index (χ2v) is 3.56. The molecule has 0 spiro atoms. The normalized spacial score (nSPS) is 16.7. The van der Waals surface area contributed by atoms with Gasteiger partial charge in [-0.3, -0.25) is 15.5 Å². The lowest BCUT2D eigenvalue weighted by atomic mass is 10.1. The van der Waals surface area contributed by atoms with Gasteiger partial charge in [-0.2, -0.15) is 0 Å². The summed E-state index contributed by atoms with van der Waals surface area (Å²) in [4.78, 5) is 25.4. The molecule has 1 rings (SSSR count). The summed E-state index contributed by atoms with van der Waals surface area (Å²) in [5.41, 5.74) is 3.67. The van der Waals surface area contributed by atoms with Crippen molar-refractivity contribution in [3.05, 3.63) is 32.2 Å². The number of nitro groups is 1. The minimum Gasteiger partial charge on any atom is -0.462 e. The molecule has 1 heterocycles. The van der Waals surface area contributed by atoms with Gasteiger partial charge in [0.15, 0.2) is 10.9 Å². The third-order valence-corrected chi connectivity index (χ3v) is 2.27. The highest BCUT2D eigenvalue weighted by molar-refractivity contribution is 6.31. The number of nitrogens with one attached hydrogen (secondary N) is 2. The molecule has 0 atom stereocenters. The van der Waals surface area contributed by atoms with Gasteiger partial charge >= 0.3 is 11.7 Å². The fourth-order valence-electron chi connectivity index (χ4n) is 1.27. The lowest BCUT2D eigenvalue weighted by Crippen LogP contribution is -2.27. The fraction of sp³-hybridized carbons (Fsp3) is 0.222. The molecule has 0 saturated heterocycles. The topological polar surface area (TPSA) is 144 Å². The van der Waals surface area contributed by atoms with Crippen LogP contribution in [0.15, 0.2) is 27.1 Å². The van der Waals surface area contributed by atoms with Gasteiger partial charge in [0.25, 0.3) is 0 Å². The molecular weight excluding hydrogens is 278 g/mol. The molecule has 0 amide bonds. The predicted octanol–water partition coefficient (Wildman–Crippen LogP) is 0.0557. The maximum absolute atomic E-state index is 11.7. The van der Waals surface area contributed by atoms with Crippen LogP contribution in [-0.4, -0.2) is 29.7 Å². The first-order valence-corrected chi connectivity index (χ1v) is 5.37. The van der Waals surface area contributed by atoms with Crippen molar-refractivity contribution in [3.8, 4) is 0 Å². The van der Waals surface area contributed by atoms with Gasteiger partial charge in [0.1, 0.15) is 11.4 Å². The lowest BCUT2D eigenvalue weighted by Gasteiger charge is -2.12. The molecule has 0 unspecified atom stereocenters. The molecule has 4 N–H and O–H groups in total. The van der Waals surface area contributed by atoms with Crippen LogP contribution >= 0.6 is 11.6 Å². The van der Waals surface area contributed by atoms with Gasteiger partial charge in [-0.1, -0.05) is 11.6 Å². The van der Waals surface area contributed by atoms with E-state index in [2.05, 4.69) is 15.0 Å². The van der Waals surface area contributed by atoms with Gasteiger partial charge in [-0.25, -0.2) is 9.79 Å². The van der Waals surface area contributed by atoms with E-state index in [4.69, 9.17) is 22.7 Å². The molecule has 0 aromatic rings. The monoisotopic (exact) mass is 287 g/mol. The molecule has 0 saturated carbocycles. The molecule has 102 valence electrons. The Bertz CT molecular complexity index is 537. The van der Waals surface area contributed by atoms with Crippen LogP contribution in [0.3, 0.4) is 0 Å². The van der Waals surface area contributed by atoms with Crippen molar-refractivity contribution < 1.29 is 14.5 Å². The number of esters is 1. The van der Waals surface area contributed by atoms with E-state index in [9.17, 15) is 14.9 Å². The van der Waals surface area contributed by atoms with Crippen LogP contribution in [0.5, 0.6) is 0 Å². The Morgan fingerprint density at radius 1 is 1.74 bits per heavy atom. The smallest absolute Gasteiger partial charge is 0.344 e.